The Kier molecular flexibility index (Phi) is 3.70. The van der Waals surface area contributed by atoms with Crippen molar-refractivity contribution >= 4 is 56.3 Å². The van der Waals surface area contributed by atoms with Gasteiger partial charge < -0.3 is 0 Å². The largest absolute Gasteiger partial charge is 0.276 e. The van der Waals surface area contributed by atoms with Crippen molar-refractivity contribution in [3.63, 3.8) is 0 Å². The smallest absolute Gasteiger partial charge is 0.253 e. The molecule has 0 saturated carbocycles. The monoisotopic (exact) mass is 328 g/mol. The Morgan fingerprint density at radius 1 is 1.08 bits per heavy atom. The van der Waals surface area contributed by atoms with Crippen molar-refractivity contribution in [2.24, 2.45) is 0 Å². The summed E-state index contributed by atoms with van der Waals surface area (Å²) in [5.74, 6) is 0. The lowest BCUT2D eigenvalue weighted by Crippen LogP contribution is -2.00. The number of carbonyl (C=O) groups excluding carboxylic acids is 2. The normalized spacial score (nSPS) is 9.77. The third-order valence-electron chi connectivity index (χ3n) is 1.42. The van der Waals surface area contributed by atoms with E-state index in [1.54, 1.807) is 18.2 Å². The minimum absolute atomic E-state index is 0.300. The van der Waals surface area contributed by atoms with Gasteiger partial charge in [-0.2, -0.15) is 0 Å². The molecule has 0 unspecified atom stereocenters. The van der Waals surface area contributed by atoms with Gasteiger partial charge in [-0.25, -0.2) is 0 Å². The quantitative estimate of drug-likeness (QED) is 0.617. The van der Waals surface area contributed by atoms with Gasteiger partial charge in [0.2, 0.25) is 0 Å². The molecular formula is C8H3Cl2IO2. The first-order valence-corrected chi connectivity index (χ1v) is 5.05. The van der Waals surface area contributed by atoms with Crippen LogP contribution in [0.4, 0.5) is 0 Å². The van der Waals surface area contributed by atoms with Crippen LogP contribution in [0.25, 0.3) is 0 Å². The van der Waals surface area contributed by atoms with E-state index < -0.39 is 10.5 Å². The summed E-state index contributed by atoms with van der Waals surface area (Å²) in [7, 11) is 0. The fourth-order valence-corrected chi connectivity index (χ4v) is 2.32. The van der Waals surface area contributed by atoms with Crippen LogP contribution >= 0.6 is 45.8 Å². The number of rotatable bonds is 2. The number of carbonyl (C=O) groups is 2. The van der Waals surface area contributed by atoms with Gasteiger partial charge in [-0.05, 0) is 57.9 Å². The van der Waals surface area contributed by atoms with Crippen molar-refractivity contribution < 1.29 is 9.59 Å². The van der Waals surface area contributed by atoms with Crippen molar-refractivity contribution in [1.29, 1.82) is 0 Å². The third kappa shape index (κ3) is 2.42. The van der Waals surface area contributed by atoms with Crippen molar-refractivity contribution in [3.05, 3.63) is 32.9 Å². The maximum atomic E-state index is 10.8. The van der Waals surface area contributed by atoms with Gasteiger partial charge in [-0.1, -0.05) is 6.07 Å². The fourth-order valence-electron chi connectivity index (χ4n) is 0.836. The van der Waals surface area contributed by atoms with Gasteiger partial charge in [0, 0.05) is 14.7 Å². The molecule has 0 aliphatic carbocycles. The van der Waals surface area contributed by atoms with Crippen molar-refractivity contribution in [3.8, 4) is 0 Å². The van der Waals surface area contributed by atoms with Crippen LogP contribution in [-0.2, 0) is 0 Å². The van der Waals surface area contributed by atoms with Gasteiger partial charge in [-0.15, -0.1) is 0 Å². The molecule has 0 spiro atoms. The van der Waals surface area contributed by atoms with Crippen LogP contribution in [0.1, 0.15) is 20.7 Å². The van der Waals surface area contributed by atoms with E-state index >= 15 is 0 Å². The van der Waals surface area contributed by atoms with E-state index in [1.807, 2.05) is 22.6 Å². The van der Waals surface area contributed by atoms with E-state index in [2.05, 4.69) is 0 Å². The summed E-state index contributed by atoms with van der Waals surface area (Å²) in [6, 6.07) is 4.65. The molecule has 0 fully saturated rings. The van der Waals surface area contributed by atoms with Gasteiger partial charge in [0.1, 0.15) is 0 Å². The summed E-state index contributed by atoms with van der Waals surface area (Å²) in [5, 5.41) is -1.19. The molecule has 0 aromatic heterocycles. The summed E-state index contributed by atoms with van der Waals surface area (Å²) in [6.07, 6.45) is 0. The molecule has 0 radical (unpaired) electrons. The van der Waals surface area contributed by atoms with Crippen molar-refractivity contribution in [1.82, 2.24) is 0 Å². The highest BCUT2D eigenvalue weighted by Crippen LogP contribution is 2.20. The van der Waals surface area contributed by atoms with Gasteiger partial charge >= 0.3 is 0 Å². The molecule has 0 bridgehead atoms. The minimum atomic E-state index is -0.593. The highest BCUT2D eigenvalue weighted by Gasteiger charge is 2.13. The van der Waals surface area contributed by atoms with Gasteiger partial charge in [-0.3, -0.25) is 9.59 Å². The second kappa shape index (κ2) is 4.39. The molecule has 5 heteroatoms. The second-order valence-corrected chi connectivity index (χ2v) is 3.98. The Morgan fingerprint density at radius 3 is 1.77 bits per heavy atom. The van der Waals surface area contributed by atoms with Crippen LogP contribution in [0.15, 0.2) is 18.2 Å². The lowest BCUT2D eigenvalue weighted by Gasteiger charge is -2.01. The summed E-state index contributed by atoms with van der Waals surface area (Å²) in [4.78, 5) is 21.7. The van der Waals surface area contributed by atoms with E-state index in [-0.39, 0.29) is 0 Å². The average molecular weight is 329 g/mol. The van der Waals surface area contributed by atoms with E-state index in [4.69, 9.17) is 23.2 Å². The first-order valence-electron chi connectivity index (χ1n) is 3.22. The highest BCUT2D eigenvalue weighted by atomic mass is 127. The molecule has 0 amide bonds. The Bertz CT molecular complexity index is 344. The second-order valence-electron chi connectivity index (χ2n) is 2.21. The zero-order valence-corrected chi connectivity index (χ0v) is 9.85. The summed E-state index contributed by atoms with van der Waals surface area (Å²) in [5.41, 5.74) is 0.600. The Balaban J connectivity index is 3.35. The zero-order valence-electron chi connectivity index (χ0n) is 6.18. The van der Waals surface area contributed by atoms with E-state index in [9.17, 15) is 9.59 Å². The molecule has 13 heavy (non-hydrogen) atoms. The molecule has 0 heterocycles. The molecule has 0 aliphatic heterocycles. The molecule has 0 N–H and O–H groups in total. The topological polar surface area (TPSA) is 34.1 Å². The third-order valence-corrected chi connectivity index (χ3v) is 2.99. The SMILES string of the molecule is O=C(Cl)c1cccc(C(=O)Cl)c1I. The minimum Gasteiger partial charge on any atom is -0.276 e. The number of benzene rings is 1. The maximum absolute atomic E-state index is 10.8. The Morgan fingerprint density at radius 2 is 1.46 bits per heavy atom. The molecule has 0 atom stereocenters. The molecule has 2 nitrogen and oxygen atoms in total. The van der Waals surface area contributed by atoms with Crippen molar-refractivity contribution in [2.45, 2.75) is 0 Å². The predicted molar refractivity (Wildman–Crippen MR) is 59.5 cm³/mol. The molecule has 1 rings (SSSR count). The van der Waals surface area contributed by atoms with E-state index in [0.29, 0.717) is 14.7 Å². The molecule has 1 aromatic rings. The molecular weight excluding hydrogens is 326 g/mol. The Hall–Kier alpha value is -0.130. The number of hydrogen-bond donors (Lipinski definition) is 0. The van der Waals surface area contributed by atoms with Gasteiger partial charge in [0.25, 0.3) is 10.5 Å². The van der Waals surface area contributed by atoms with Crippen LogP contribution < -0.4 is 0 Å². The molecule has 1 aromatic carbocycles. The van der Waals surface area contributed by atoms with E-state index in [1.165, 1.54) is 0 Å². The van der Waals surface area contributed by atoms with Gasteiger partial charge in [0.15, 0.2) is 0 Å². The van der Waals surface area contributed by atoms with Crippen LogP contribution in [-0.4, -0.2) is 10.5 Å². The first kappa shape index (κ1) is 10.9. The first-order chi connectivity index (χ1) is 6.04. The number of halogens is 3. The maximum Gasteiger partial charge on any atom is 0.253 e. The molecule has 0 aliphatic rings. The van der Waals surface area contributed by atoms with Crippen molar-refractivity contribution in [2.75, 3.05) is 0 Å². The predicted octanol–water partition coefficient (Wildman–Crippen LogP) is 3.05. The zero-order chi connectivity index (χ0) is 10.0. The highest BCUT2D eigenvalue weighted by molar-refractivity contribution is 14.1. The standard InChI is InChI=1S/C8H3Cl2IO2/c9-7(12)4-2-1-3-5(6(4)11)8(10)13/h1-3H. The summed E-state index contributed by atoms with van der Waals surface area (Å²) >= 11 is 12.4. The van der Waals surface area contributed by atoms with Crippen LogP contribution in [0.5, 0.6) is 0 Å². The summed E-state index contributed by atoms with van der Waals surface area (Å²) in [6.45, 7) is 0. The van der Waals surface area contributed by atoms with Crippen LogP contribution in [0.2, 0.25) is 0 Å². The summed E-state index contributed by atoms with van der Waals surface area (Å²) < 4.78 is 0.486. The van der Waals surface area contributed by atoms with E-state index in [0.717, 1.165) is 0 Å². The number of hydrogen-bond acceptors (Lipinski definition) is 2. The molecule has 0 saturated heterocycles. The van der Waals surface area contributed by atoms with Gasteiger partial charge in [0.05, 0.1) is 0 Å². The Labute approximate surface area is 98.4 Å². The van der Waals surface area contributed by atoms with Crippen LogP contribution in [0, 0.1) is 3.57 Å². The lowest BCUT2D eigenvalue weighted by atomic mass is 10.1. The fraction of sp³-hybridized carbons (Fsp3) is 0. The lowest BCUT2D eigenvalue weighted by molar-refractivity contribution is 0.108. The molecule has 68 valence electrons. The average Bonchev–Trinajstić information content (AvgIpc) is 2.03. The van der Waals surface area contributed by atoms with Crippen LogP contribution in [0.3, 0.4) is 0 Å².